The van der Waals surface area contributed by atoms with Gasteiger partial charge in [0.05, 0.1) is 5.56 Å². The fraction of sp³-hybridized carbons (Fsp3) is 0.562. The van der Waals surface area contributed by atoms with Crippen LogP contribution in [0, 0.1) is 0 Å². The van der Waals surface area contributed by atoms with Gasteiger partial charge in [0.2, 0.25) is 0 Å². The van der Waals surface area contributed by atoms with Gasteiger partial charge in [-0.15, -0.1) is 11.8 Å². The molecular weight excluding hydrogens is 389 g/mol. The Morgan fingerprint density at radius 1 is 1.00 bits per heavy atom. The lowest BCUT2D eigenvalue weighted by Gasteiger charge is -2.34. The Balaban J connectivity index is 3.99. The van der Waals surface area contributed by atoms with Crippen LogP contribution in [0.5, 0.6) is 0 Å². The number of aromatic carboxylic acids is 1. The van der Waals surface area contributed by atoms with Crippen LogP contribution in [0.15, 0.2) is 17.0 Å². The van der Waals surface area contributed by atoms with Gasteiger partial charge in [0, 0.05) is 15.2 Å². The maximum atomic E-state index is 14.6. The average molecular weight is 406 g/mol. The molecule has 10 heteroatoms. The van der Waals surface area contributed by atoms with E-state index in [1.807, 2.05) is 0 Å². The van der Waals surface area contributed by atoms with E-state index in [0.29, 0.717) is 17.8 Å². The van der Waals surface area contributed by atoms with E-state index in [4.69, 9.17) is 0 Å². The van der Waals surface area contributed by atoms with E-state index in [1.54, 1.807) is 0 Å². The number of carbonyl (C=O) groups is 1. The quantitative estimate of drug-likeness (QED) is 0.483. The highest BCUT2D eigenvalue weighted by molar-refractivity contribution is 8.00. The Hall–Kier alpha value is -1.45. The molecule has 26 heavy (non-hydrogen) atoms. The van der Waals surface area contributed by atoms with Gasteiger partial charge in [-0.25, -0.2) is 9.18 Å². The van der Waals surface area contributed by atoms with Crippen molar-refractivity contribution in [1.82, 2.24) is 0 Å². The number of thioether (sulfide) groups is 1. The standard InChI is InChI=1S/C16H17F7O2S/c1-5-8-9(12(24)25)6-7-10(11(8)26-13(2,3)4)14(17,15(18,19)20)16(21,22)23/h6-7H,5H2,1-4H3,(H,24,25). The highest BCUT2D eigenvalue weighted by Gasteiger charge is 2.74. The fourth-order valence-electron chi connectivity index (χ4n) is 2.34. The highest BCUT2D eigenvalue weighted by atomic mass is 32.2. The zero-order chi connectivity index (χ0) is 20.7. The Morgan fingerprint density at radius 2 is 1.46 bits per heavy atom. The molecule has 2 nitrogen and oxygen atoms in total. The van der Waals surface area contributed by atoms with Gasteiger partial charge >= 0.3 is 24.0 Å². The lowest BCUT2D eigenvalue weighted by Crippen LogP contribution is -2.51. The van der Waals surface area contributed by atoms with Gasteiger partial charge in [-0.3, -0.25) is 0 Å². The summed E-state index contributed by atoms with van der Waals surface area (Å²) in [6.45, 7) is 5.90. The molecule has 0 amide bonds. The van der Waals surface area contributed by atoms with E-state index in [1.165, 1.54) is 27.7 Å². The molecule has 1 rings (SSSR count). The molecule has 1 N–H and O–H groups in total. The zero-order valence-electron chi connectivity index (χ0n) is 14.3. The fourth-order valence-corrected chi connectivity index (χ4v) is 3.65. The molecule has 0 saturated carbocycles. The predicted molar refractivity (Wildman–Crippen MR) is 83.3 cm³/mol. The van der Waals surface area contributed by atoms with Crippen LogP contribution in [0.4, 0.5) is 30.7 Å². The third-order valence-corrected chi connectivity index (χ3v) is 4.69. The second-order valence-electron chi connectivity index (χ2n) is 6.50. The van der Waals surface area contributed by atoms with Crippen molar-refractivity contribution in [3.05, 3.63) is 28.8 Å². The van der Waals surface area contributed by atoms with Crippen LogP contribution in [-0.2, 0) is 12.1 Å². The number of alkyl halides is 7. The average Bonchev–Trinajstić information content (AvgIpc) is 2.41. The lowest BCUT2D eigenvalue weighted by molar-refractivity contribution is -0.349. The molecule has 0 aliphatic heterocycles. The molecule has 0 heterocycles. The maximum absolute atomic E-state index is 14.6. The monoisotopic (exact) mass is 406 g/mol. The molecule has 0 unspecified atom stereocenters. The minimum Gasteiger partial charge on any atom is -0.478 e. The van der Waals surface area contributed by atoms with Gasteiger partial charge in [-0.2, -0.15) is 26.3 Å². The van der Waals surface area contributed by atoms with Crippen molar-refractivity contribution in [2.45, 2.75) is 61.8 Å². The van der Waals surface area contributed by atoms with E-state index in [2.05, 4.69) is 0 Å². The van der Waals surface area contributed by atoms with Crippen molar-refractivity contribution in [3.63, 3.8) is 0 Å². The van der Waals surface area contributed by atoms with Gasteiger partial charge in [0.15, 0.2) is 0 Å². The van der Waals surface area contributed by atoms with Crippen LogP contribution in [0.1, 0.15) is 49.2 Å². The molecule has 148 valence electrons. The SMILES string of the molecule is CCc1c(C(=O)O)ccc(C(F)(C(F)(F)F)C(F)(F)F)c1SC(C)(C)C. The number of halogens is 7. The Bertz CT molecular complexity index is 674. The summed E-state index contributed by atoms with van der Waals surface area (Å²) in [7, 11) is 0. The van der Waals surface area contributed by atoms with E-state index in [-0.39, 0.29) is 18.1 Å². The van der Waals surface area contributed by atoms with Gasteiger partial charge in [0.25, 0.3) is 0 Å². The summed E-state index contributed by atoms with van der Waals surface area (Å²) in [5.41, 5.74) is -7.99. The molecule has 0 atom stereocenters. The first kappa shape index (κ1) is 22.6. The van der Waals surface area contributed by atoms with E-state index < -0.39 is 44.8 Å². The molecular formula is C16H17F7O2S. The van der Waals surface area contributed by atoms with Crippen molar-refractivity contribution < 1.29 is 40.6 Å². The normalized spacial score (nSPS) is 13.8. The minimum atomic E-state index is -6.27. The largest absolute Gasteiger partial charge is 0.478 e. The first-order valence-electron chi connectivity index (χ1n) is 7.38. The summed E-state index contributed by atoms with van der Waals surface area (Å²) in [5, 5.41) is 9.19. The summed E-state index contributed by atoms with van der Waals surface area (Å²) >= 11 is 0.566. The number of benzene rings is 1. The summed E-state index contributed by atoms with van der Waals surface area (Å²) < 4.78 is 92.8. The van der Waals surface area contributed by atoms with Crippen molar-refractivity contribution in [3.8, 4) is 0 Å². The third kappa shape index (κ3) is 4.10. The second kappa shape index (κ2) is 6.94. The molecule has 0 bridgehead atoms. The van der Waals surface area contributed by atoms with Crippen molar-refractivity contribution in [2.75, 3.05) is 0 Å². The molecule has 0 fully saturated rings. The van der Waals surface area contributed by atoms with Crippen molar-refractivity contribution in [1.29, 1.82) is 0 Å². The Labute approximate surface area is 149 Å². The van der Waals surface area contributed by atoms with Crippen LogP contribution in [0.3, 0.4) is 0 Å². The topological polar surface area (TPSA) is 37.3 Å². The molecule has 0 aliphatic rings. The van der Waals surface area contributed by atoms with Crippen LogP contribution in [-0.4, -0.2) is 28.2 Å². The van der Waals surface area contributed by atoms with Crippen molar-refractivity contribution >= 4 is 17.7 Å². The van der Waals surface area contributed by atoms with E-state index in [9.17, 15) is 40.6 Å². The van der Waals surface area contributed by atoms with Gasteiger partial charge < -0.3 is 5.11 Å². The van der Waals surface area contributed by atoms with E-state index in [0.717, 1.165) is 0 Å². The maximum Gasteiger partial charge on any atom is 0.435 e. The lowest BCUT2D eigenvalue weighted by atomic mass is 9.90. The number of carboxylic acid groups (broad SMARTS) is 1. The number of hydrogen-bond acceptors (Lipinski definition) is 2. The molecule has 0 radical (unpaired) electrons. The predicted octanol–water partition coefficient (Wildman–Crippen LogP) is 6.13. The molecule has 0 saturated heterocycles. The number of hydrogen-bond donors (Lipinski definition) is 1. The van der Waals surface area contributed by atoms with Gasteiger partial charge in [0.1, 0.15) is 0 Å². The smallest absolute Gasteiger partial charge is 0.435 e. The third-order valence-electron chi connectivity index (χ3n) is 3.41. The van der Waals surface area contributed by atoms with Crippen LogP contribution in [0.2, 0.25) is 0 Å². The Morgan fingerprint density at radius 3 is 1.77 bits per heavy atom. The molecule has 0 aliphatic carbocycles. The van der Waals surface area contributed by atoms with Gasteiger partial charge in [-0.1, -0.05) is 33.8 Å². The van der Waals surface area contributed by atoms with E-state index >= 15 is 0 Å². The minimum absolute atomic E-state index is 0.181. The first-order valence-corrected chi connectivity index (χ1v) is 8.20. The molecule has 1 aromatic carbocycles. The number of carboxylic acids is 1. The summed E-state index contributed by atoms with van der Waals surface area (Å²) in [5.74, 6) is -1.52. The summed E-state index contributed by atoms with van der Waals surface area (Å²) in [4.78, 5) is 10.7. The highest BCUT2D eigenvalue weighted by Crippen LogP contribution is 2.56. The van der Waals surface area contributed by atoms with Gasteiger partial charge in [-0.05, 0) is 18.1 Å². The first-order chi connectivity index (χ1) is 11.5. The summed E-state index contributed by atoms with van der Waals surface area (Å²) in [6, 6.07) is 0.840. The van der Waals surface area contributed by atoms with Crippen molar-refractivity contribution in [2.24, 2.45) is 0 Å². The second-order valence-corrected chi connectivity index (χ2v) is 8.33. The summed E-state index contributed by atoms with van der Waals surface area (Å²) in [6.07, 6.45) is -12.7. The molecule has 0 spiro atoms. The number of rotatable bonds is 4. The van der Waals surface area contributed by atoms with Crippen LogP contribution in [0.25, 0.3) is 0 Å². The van der Waals surface area contributed by atoms with Crippen LogP contribution >= 0.6 is 11.8 Å². The zero-order valence-corrected chi connectivity index (χ0v) is 15.1. The Kier molecular flexibility index (Phi) is 6.03. The molecule has 0 aromatic heterocycles. The molecule has 1 aromatic rings. The van der Waals surface area contributed by atoms with Crippen LogP contribution < -0.4 is 0 Å².